The molecular formula is C18H28N4O2. The molecule has 0 spiro atoms. The summed E-state index contributed by atoms with van der Waals surface area (Å²) in [7, 11) is 0. The van der Waals surface area contributed by atoms with E-state index in [1.807, 2.05) is 23.2 Å². The lowest BCUT2D eigenvalue weighted by Gasteiger charge is -2.34. The summed E-state index contributed by atoms with van der Waals surface area (Å²) in [4.78, 5) is 18.8. The highest BCUT2D eigenvalue weighted by molar-refractivity contribution is 5.82. The van der Waals surface area contributed by atoms with Crippen molar-refractivity contribution in [1.82, 2.24) is 20.7 Å². The second-order valence-corrected chi connectivity index (χ2v) is 6.78. The van der Waals surface area contributed by atoms with Crippen molar-refractivity contribution in [3.8, 4) is 0 Å². The van der Waals surface area contributed by atoms with Crippen LogP contribution >= 0.6 is 0 Å². The lowest BCUT2D eigenvalue weighted by atomic mass is 10.0. The molecule has 3 rings (SSSR count). The third-order valence-corrected chi connectivity index (χ3v) is 4.82. The highest BCUT2D eigenvalue weighted by Crippen LogP contribution is 2.18. The van der Waals surface area contributed by atoms with Gasteiger partial charge in [-0.3, -0.25) is 15.2 Å². The predicted octanol–water partition coefficient (Wildman–Crippen LogP) is 1.62. The maximum atomic E-state index is 12.7. The fourth-order valence-corrected chi connectivity index (χ4v) is 3.51. The monoisotopic (exact) mass is 332 g/mol. The number of nitrogens with zero attached hydrogens (tertiary/aromatic N) is 2. The summed E-state index contributed by atoms with van der Waals surface area (Å²) in [5, 5.41) is 0. The second kappa shape index (κ2) is 8.55. The summed E-state index contributed by atoms with van der Waals surface area (Å²) < 4.78 is 6.00. The highest BCUT2D eigenvalue weighted by atomic mass is 16.5. The number of hydrogen-bond acceptors (Lipinski definition) is 5. The van der Waals surface area contributed by atoms with Gasteiger partial charge in [0.15, 0.2) is 0 Å². The van der Waals surface area contributed by atoms with Gasteiger partial charge in [0.2, 0.25) is 5.91 Å². The topological polar surface area (TPSA) is 66.5 Å². The number of pyridine rings is 1. The van der Waals surface area contributed by atoms with Crippen molar-refractivity contribution in [2.75, 3.05) is 13.1 Å². The molecule has 0 aromatic carbocycles. The van der Waals surface area contributed by atoms with E-state index in [1.54, 1.807) is 6.20 Å². The van der Waals surface area contributed by atoms with Crippen LogP contribution in [-0.2, 0) is 16.1 Å². The Morgan fingerprint density at radius 2 is 2.38 bits per heavy atom. The Morgan fingerprint density at radius 1 is 1.46 bits per heavy atom. The Bertz CT molecular complexity index is 525. The summed E-state index contributed by atoms with van der Waals surface area (Å²) in [6, 6.07) is 4.24. The van der Waals surface area contributed by atoms with E-state index >= 15 is 0 Å². The molecule has 2 aliphatic rings. The molecule has 0 aliphatic carbocycles. The fourth-order valence-electron chi connectivity index (χ4n) is 3.51. The van der Waals surface area contributed by atoms with Crippen LogP contribution in [0.3, 0.4) is 0 Å². The van der Waals surface area contributed by atoms with E-state index in [0.717, 1.165) is 44.2 Å². The molecule has 132 valence electrons. The third kappa shape index (κ3) is 4.53. The molecule has 2 N–H and O–H groups in total. The summed E-state index contributed by atoms with van der Waals surface area (Å²) in [6.45, 7) is 4.26. The van der Waals surface area contributed by atoms with Crippen LogP contribution < -0.4 is 10.9 Å². The first-order valence-corrected chi connectivity index (χ1v) is 9.06. The molecule has 6 heteroatoms. The van der Waals surface area contributed by atoms with Crippen LogP contribution in [0.5, 0.6) is 0 Å². The molecule has 1 aromatic rings. The minimum atomic E-state index is -0.0985. The van der Waals surface area contributed by atoms with Crippen molar-refractivity contribution in [3.05, 3.63) is 30.1 Å². The van der Waals surface area contributed by atoms with E-state index in [2.05, 4.69) is 22.8 Å². The van der Waals surface area contributed by atoms with Gasteiger partial charge in [-0.15, -0.1) is 0 Å². The first-order valence-electron chi connectivity index (χ1n) is 9.06. The summed E-state index contributed by atoms with van der Waals surface area (Å²) in [5.74, 6) is 0.204. The SMILES string of the molecule is CCCC1CC(C(=O)N2CCCC(OCc3cccnc3)C2)NN1. The van der Waals surface area contributed by atoms with Crippen molar-refractivity contribution in [3.63, 3.8) is 0 Å². The summed E-state index contributed by atoms with van der Waals surface area (Å²) >= 11 is 0. The van der Waals surface area contributed by atoms with Gasteiger partial charge in [0, 0.05) is 31.5 Å². The molecule has 1 aromatic heterocycles. The molecule has 2 saturated heterocycles. The maximum Gasteiger partial charge on any atom is 0.241 e. The lowest BCUT2D eigenvalue weighted by molar-refractivity contribution is -0.137. The van der Waals surface area contributed by atoms with Gasteiger partial charge in [0.1, 0.15) is 6.04 Å². The minimum absolute atomic E-state index is 0.0985. The Hall–Kier alpha value is -1.50. The average molecular weight is 332 g/mol. The molecule has 3 atom stereocenters. The zero-order valence-electron chi connectivity index (χ0n) is 14.4. The van der Waals surface area contributed by atoms with Crippen molar-refractivity contribution in [2.45, 2.75) is 63.8 Å². The van der Waals surface area contributed by atoms with E-state index in [-0.39, 0.29) is 18.1 Å². The number of likely N-dealkylation sites (tertiary alicyclic amines) is 1. The number of piperidine rings is 1. The van der Waals surface area contributed by atoms with E-state index in [4.69, 9.17) is 4.74 Å². The Kier molecular flexibility index (Phi) is 6.18. The smallest absolute Gasteiger partial charge is 0.241 e. The standard InChI is InChI=1S/C18H28N4O2/c1-2-5-15-10-17(21-20-15)18(23)22-9-4-7-16(12-22)24-13-14-6-3-8-19-11-14/h3,6,8,11,15-17,20-21H,2,4-5,7,9-10,12-13H2,1H3. The quantitative estimate of drug-likeness (QED) is 0.829. The molecule has 3 heterocycles. The molecular weight excluding hydrogens is 304 g/mol. The number of hydrogen-bond donors (Lipinski definition) is 2. The first-order chi connectivity index (χ1) is 11.8. The number of rotatable bonds is 6. The number of aromatic nitrogens is 1. The number of carbonyl (C=O) groups excluding carboxylic acids is 1. The van der Waals surface area contributed by atoms with Gasteiger partial charge >= 0.3 is 0 Å². The predicted molar refractivity (Wildman–Crippen MR) is 92.0 cm³/mol. The van der Waals surface area contributed by atoms with Crippen LogP contribution in [0.15, 0.2) is 24.5 Å². The molecule has 24 heavy (non-hydrogen) atoms. The normalized spacial score (nSPS) is 27.4. The average Bonchev–Trinajstić information content (AvgIpc) is 3.09. The maximum absolute atomic E-state index is 12.7. The number of hydrazine groups is 1. The summed E-state index contributed by atoms with van der Waals surface area (Å²) in [6.07, 6.45) is 8.84. The van der Waals surface area contributed by atoms with E-state index in [0.29, 0.717) is 19.2 Å². The van der Waals surface area contributed by atoms with Gasteiger partial charge in [0.05, 0.1) is 12.7 Å². The molecule has 3 unspecified atom stereocenters. The largest absolute Gasteiger partial charge is 0.372 e. The Balaban J connectivity index is 1.47. The molecule has 2 fully saturated rings. The number of amides is 1. The zero-order valence-corrected chi connectivity index (χ0v) is 14.4. The molecule has 6 nitrogen and oxygen atoms in total. The molecule has 0 saturated carbocycles. The first kappa shape index (κ1) is 17.3. The van der Waals surface area contributed by atoms with E-state index < -0.39 is 0 Å². The van der Waals surface area contributed by atoms with Crippen molar-refractivity contribution in [1.29, 1.82) is 0 Å². The van der Waals surface area contributed by atoms with Crippen LogP contribution in [-0.4, -0.2) is 47.1 Å². The van der Waals surface area contributed by atoms with E-state index in [1.165, 1.54) is 0 Å². The minimum Gasteiger partial charge on any atom is -0.372 e. The number of carbonyl (C=O) groups is 1. The van der Waals surface area contributed by atoms with Gasteiger partial charge in [-0.05, 0) is 37.3 Å². The van der Waals surface area contributed by atoms with Gasteiger partial charge < -0.3 is 9.64 Å². The third-order valence-electron chi connectivity index (χ3n) is 4.82. The molecule has 0 bridgehead atoms. The van der Waals surface area contributed by atoms with Gasteiger partial charge in [0.25, 0.3) is 0 Å². The van der Waals surface area contributed by atoms with Gasteiger partial charge in [-0.1, -0.05) is 19.4 Å². The molecule has 2 aliphatic heterocycles. The fraction of sp³-hybridized carbons (Fsp3) is 0.667. The van der Waals surface area contributed by atoms with Gasteiger partial charge in [-0.2, -0.15) is 0 Å². The second-order valence-electron chi connectivity index (χ2n) is 6.78. The van der Waals surface area contributed by atoms with Crippen LogP contribution in [0, 0.1) is 0 Å². The number of ether oxygens (including phenoxy) is 1. The van der Waals surface area contributed by atoms with Crippen molar-refractivity contribution in [2.24, 2.45) is 0 Å². The summed E-state index contributed by atoms with van der Waals surface area (Å²) in [5.41, 5.74) is 7.49. The van der Waals surface area contributed by atoms with Crippen LogP contribution in [0.1, 0.15) is 44.6 Å². The van der Waals surface area contributed by atoms with Crippen LogP contribution in [0.4, 0.5) is 0 Å². The van der Waals surface area contributed by atoms with Crippen LogP contribution in [0.2, 0.25) is 0 Å². The Labute approximate surface area is 143 Å². The molecule has 1 amide bonds. The van der Waals surface area contributed by atoms with Crippen molar-refractivity contribution >= 4 is 5.91 Å². The zero-order chi connectivity index (χ0) is 16.8. The number of nitrogens with one attached hydrogen (secondary N) is 2. The van der Waals surface area contributed by atoms with E-state index in [9.17, 15) is 4.79 Å². The Morgan fingerprint density at radius 3 is 3.17 bits per heavy atom. The van der Waals surface area contributed by atoms with Crippen molar-refractivity contribution < 1.29 is 9.53 Å². The highest BCUT2D eigenvalue weighted by Gasteiger charge is 2.34. The molecule has 0 radical (unpaired) electrons. The lowest BCUT2D eigenvalue weighted by Crippen LogP contribution is -2.50. The van der Waals surface area contributed by atoms with Gasteiger partial charge in [-0.25, -0.2) is 5.43 Å². The van der Waals surface area contributed by atoms with Crippen LogP contribution in [0.25, 0.3) is 0 Å².